The third-order valence-corrected chi connectivity index (χ3v) is 8.25. The van der Waals surface area contributed by atoms with Gasteiger partial charge in [0.25, 0.3) is 0 Å². The van der Waals surface area contributed by atoms with Crippen LogP contribution in [-0.2, 0) is 4.43 Å². The third kappa shape index (κ3) is 4.25. The van der Waals surface area contributed by atoms with Gasteiger partial charge in [-0.1, -0.05) is 33.6 Å². The molecule has 1 aliphatic carbocycles. The predicted molar refractivity (Wildman–Crippen MR) is 66.5 cm³/mol. The van der Waals surface area contributed by atoms with Gasteiger partial charge in [0, 0.05) is 0 Å². The normalized spacial score (nSPS) is 20.4. The molecule has 2 nitrogen and oxygen atoms in total. The maximum atomic E-state index is 9.79. The second-order valence-corrected chi connectivity index (χ2v) is 11.2. The molecule has 1 aliphatic rings. The first-order chi connectivity index (χ1) is 6.72. The van der Waals surface area contributed by atoms with E-state index in [1.54, 1.807) is 0 Å². The van der Waals surface area contributed by atoms with E-state index < -0.39 is 8.32 Å². The number of hydrogen-bond acceptors (Lipinski definition) is 2. The molecule has 0 unspecified atom stereocenters. The average Bonchev–Trinajstić information content (AvgIpc) is 2.83. The number of aliphatic hydroxyl groups excluding tert-OH is 1. The number of aliphatic hydroxyl groups is 1. The van der Waals surface area contributed by atoms with Crippen molar-refractivity contribution in [3.63, 3.8) is 0 Å². The van der Waals surface area contributed by atoms with Gasteiger partial charge in [-0.25, -0.2) is 0 Å². The van der Waals surface area contributed by atoms with Crippen molar-refractivity contribution >= 4 is 8.32 Å². The van der Waals surface area contributed by atoms with E-state index in [1.807, 2.05) is 0 Å². The summed E-state index contributed by atoms with van der Waals surface area (Å²) in [5.74, 6) is 0.781. The van der Waals surface area contributed by atoms with E-state index in [0.29, 0.717) is 6.61 Å². The maximum Gasteiger partial charge on any atom is 0.192 e. The van der Waals surface area contributed by atoms with Crippen molar-refractivity contribution in [1.29, 1.82) is 0 Å². The molecule has 0 radical (unpaired) electrons. The fourth-order valence-electron chi connectivity index (χ4n) is 1.33. The lowest BCUT2D eigenvalue weighted by Gasteiger charge is -2.36. The van der Waals surface area contributed by atoms with Gasteiger partial charge >= 0.3 is 0 Å². The highest BCUT2D eigenvalue weighted by Crippen LogP contribution is 2.37. The monoisotopic (exact) mass is 230 g/mol. The molecular weight excluding hydrogens is 204 g/mol. The van der Waals surface area contributed by atoms with Gasteiger partial charge in [-0.15, -0.1) is 0 Å². The molecule has 0 aromatic heterocycles. The zero-order valence-corrected chi connectivity index (χ0v) is 11.8. The Morgan fingerprint density at radius 1 is 1.33 bits per heavy atom. The van der Waals surface area contributed by atoms with Gasteiger partial charge in [0.2, 0.25) is 0 Å². The van der Waals surface area contributed by atoms with Crippen LogP contribution in [0.2, 0.25) is 18.1 Å². The summed E-state index contributed by atoms with van der Waals surface area (Å²) in [5, 5.41) is 10.0. The second-order valence-electron chi connectivity index (χ2n) is 6.40. The maximum absolute atomic E-state index is 9.79. The van der Waals surface area contributed by atoms with E-state index in [0.717, 1.165) is 12.3 Å². The minimum atomic E-state index is -1.66. The van der Waals surface area contributed by atoms with Gasteiger partial charge in [0.15, 0.2) is 8.32 Å². The molecule has 1 rings (SSSR count). The molecule has 0 aliphatic heterocycles. The zero-order chi connectivity index (χ0) is 11.7. The highest BCUT2D eigenvalue weighted by atomic mass is 28.4. The molecule has 3 heteroatoms. The zero-order valence-electron chi connectivity index (χ0n) is 10.8. The Bertz CT molecular complexity index is 204. The smallest absolute Gasteiger partial charge is 0.192 e. The van der Waals surface area contributed by atoms with E-state index in [2.05, 4.69) is 33.9 Å². The van der Waals surface area contributed by atoms with Gasteiger partial charge in [-0.05, 0) is 30.5 Å². The standard InChI is InChI=1S/C12H26O2Si/c1-12(2,3)15(4,5)14-9-11(13)8-10-6-7-10/h10-11,13H,6-9H2,1-5H3/t11-/m0/s1. The fraction of sp³-hybridized carbons (Fsp3) is 1.00. The molecule has 1 atom stereocenters. The molecule has 1 fully saturated rings. The predicted octanol–water partition coefficient (Wildman–Crippen LogP) is 3.17. The van der Waals surface area contributed by atoms with Gasteiger partial charge in [0.05, 0.1) is 12.7 Å². The Morgan fingerprint density at radius 2 is 1.87 bits per heavy atom. The van der Waals surface area contributed by atoms with Crippen molar-refractivity contribution in [1.82, 2.24) is 0 Å². The third-order valence-electron chi connectivity index (χ3n) is 3.75. The highest BCUT2D eigenvalue weighted by molar-refractivity contribution is 6.74. The van der Waals surface area contributed by atoms with Crippen LogP contribution in [0.3, 0.4) is 0 Å². The molecule has 0 amide bonds. The molecule has 0 heterocycles. The molecule has 0 aromatic carbocycles. The Hall–Kier alpha value is 0.137. The number of rotatable bonds is 5. The van der Waals surface area contributed by atoms with E-state index in [-0.39, 0.29) is 11.1 Å². The highest BCUT2D eigenvalue weighted by Gasteiger charge is 2.37. The SMILES string of the molecule is CC(C)(C)[Si](C)(C)OC[C@@H](O)CC1CC1. The lowest BCUT2D eigenvalue weighted by molar-refractivity contribution is 0.0883. The molecule has 90 valence electrons. The second kappa shape index (κ2) is 4.56. The Balaban J connectivity index is 2.27. The van der Waals surface area contributed by atoms with E-state index >= 15 is 0 Å². The summed E-state index contributed by atoms with van der Waals surface area (Å²) in [5.41, 5.74) is 0. The van der Waals surface area contributed by atoms with Crippen molar-refractivity contribution in [3.8, 4) is 0 Å². The fourth-order valence-corrected chi connectivity index (χ4v) is 2.37. The van der Waals surface area contributed by atoms with Gasteiger partial charge < -0.3 is 9.53 Å². The summed E-state index contributed by atoms with van der Waals surface area (Å²) in [7, 11) is -1.66. The average molecular weight is 230 g/mol. The van der Waals surface area contributed by atoms with Crippen molar-refractivity contribution in [2.45, 2.75) is 64.3 Å². The lowest BCUT2D eigenvalue weighted by atomic mass is 10.2. The van der Waals surface area contributed by atoms with Crippen molar-refractivity contribution in [2.75, 3.05) is 6.61 Å². The van der Waals surface area contributed by atoms with Crippen LogP contribution in [0, 0.1) is 5.92 Å². The summed E-state index contributed by atoms with van der Waals surface area (Å²) < 4.78 is 5.97. The van der Waals surface area contributed by atoms with Crippen LogP contribution in [0.25, 0.3) is 0 Å². The summed E-state index contributed by atoms with van der Waals surface area (Å²) >= 11 is 0. The molecule has 0 aromatic rings. The molecule has 15 heavy (non-hydrogen) atoms. The first kappa shape index (κ1) is 13.2. The van der Waals surface area contributed by atoms with Gasteiger partial charge in [0.1, 0.15) is 0 Å². The summed E-state index contributed by atoms with van der Waals surface area (Å²) in [4.78, 5) is 0. The van der Waals surface area contributed by atoms with Crippen molar-refractivity contribution in [2.24, 2.45) is 5.92 Å². The van der Waals surface area contributed by atoms with Crippen LogP contribution >= 0.6 is 0 Å². The van der Waals surface area contributed by atoms with Crippen LogP contribution in [0.5, 0.6) is 0 Å². The topological polar surface area (TPSA) is 29.5 Å². The minimum Gasteiger partial charge on any atom is -0.414 e. The first-order valence-corrected chi connectivity index (χ1v) is 8.95. The summed E-state index contributed by atoms with van der Waals surface area (Å²) in [6, 6.07) is 0. The quantitative estimate of drug-likeness (QED) is 0.735. The van der Waals surface area contributed by atoms with E-state index in [1.165, 1.54) is 12.8 Å². The van der Waals surface area contributed by atoms with Crippen LogP contribution in [0.4, 0.5) is 0 Å². The van der Waals surface area contributed by atoms with Gasteiger partial charge in [-0.3, -0.25) is 0 Å². The Labute approximate surface area is 95.2 Å². The Kier molecular flexibility index (Phi) is 4.01. The molecule has 1 N–H and O–H groups in total. The van der Waals surface area contributed by atoms with Crippen LogP contribution in [0.15, 0.2) is 0 Å². The summed E-state index contributed by atoms with van der Waals surface area (Å²) in [6.07, 6.45) is 3.30. The van der Waals surface area contributed by atoms with E-state index in [4.69, 9.17) is 4.43 Å². The first-order valence-electron chi connectivity index (χ1n) is 6.04. The molecule has 0 saturated heterocycles. The number of hydrogen-bond donors (Lipinski definition) is 1. The lowest BCUT2D eigenvalue weighted by Crippen LogP contribution is -2.42. The minimum absolute atomic E-state index is 0.242. The molecule has 1 saturated carbocycles. The van der Waals surface area contributed by atoms with Crippen LogP contribution in [-0.4, -0.2) is 26.1 Å². The van der Waals surface area contributed by atoms with Gasteiger partial charge in [-0.2, -0.15) is 0 Å². The van der Waals surface area contributed by atoms with E-state index in [9.17, 15) is 5.11 Å². The summed E-state index contributed by atoms with van der Waals surface area (Å²) in [6.45, 7) is 11.7. The molecule has 0 bridgehead atoms. The molecular formula is C12H26O2Si. The Morgan fingerprint density at radius 3 is 2.27 bits per heavy atom. The van der Waals surface area contributed by atoms with Crippen molar-refractivity contribution in [3.05, 3.63) is 0 Å². The van der Waals surface area contributed by atoms with Crippen LogP contribution < -0.4 is 0 Å². The largest absolute Gasteiger partial charge is 0.414 e. The van der Waals surface area contributed by atoms with Crippen LogP contribution in [0.1, 0.15) is 40.0 Å². The van der Waals surface area contributed by atoms with Crippen molar-refractivity contribution < 1.29 is 9.53 Å². The molecule has 0 spiro atoms.